The van der Waals surface area contributed by atoms with Crippen molar-refractivity contribution >= 4 is 5.91 Å². The number of nitrogens with one attached hydrogen (secondary N) is 1. The van der Waals surface area contributed by atoms with Gasteiger partial charge in [-0.3, -0.25) is 9.78 Å². The van der Waals surface area contributed by atoms with Crippen LogP contribution in [0.2, 0.25) is 0 Å². The molecule has 1 N–H and O–H groups in total. The third kappa shape index (κ3) is 5.03. The molecule has 0 aromatic carbocycles. The van der Waals surface area contributed by atoms with Crippen molar-refractivity contribution in [1.82, 2.24) is 25.3 Å². The second kappa shape index (κ2) is 8.03. The van der Waals surface area contributed by atoms with Gasteiger partial charge in [0.25, 0.3) is 0 Å². The highest BCUT2D eigenvalue weighted by Gasteiger charge is 2.38. The van der Waals surface area contributed by atoms with E-state index >= 15 is 0 Å². The number of amides is 1. The minimum Gasteiger partial charge on any atom is -0.343 e. The number of carbonyl (C=O) groups is 1. The maximum absolute atomic E-state index is 12.5. The fourth-order valence-electron chi connectivity index (χ4n) is 2.97. The summed E-state index contributed by atoms with van der Waals surface area (Å²) < 4.78 is 41.7. The molecule has 0 bridgehead atoms. The van der Waals surface area contributed by atoms with Crippen LogP contribution in [0.5, 0.6) is 0 Å². The van der Waals surface area contributed by atoms with Crippen LogP contribution >= 0.6 is 0 Å². The number of likely N-dealkylation sites (tertiary alicyclic amines) is 1. The molecule has 0 atom stereocenters. The van der Waals surface area contributed by atoms with Crippen molar-refractivity contribution in [2.24, 2.45) is 5.92 Å². The topological polar surface area (TPSA) is 84.2 Å². The molecule has 0 spiro atoms. The van der Waals surface area contributed by atoms with Gasteiger partial charge in [-0.05, 0) is 37.4 Å². The van der Waals surface area contributed by atoms with E-state index in [1.807, 2.05) is 4.90 Å². The molecule has 1 aliphatic rings. The maximum atomic E-state index is 12.5. The lowest BCUT2D eigenvalue weighted by Crippen LogP contribution is -2.39. The first kappa shape index (κ1) is 19.3. The van der Waals surface area contributed by atoms with Crippen LogP contribution in [0.3, 0.4) is 0 Å². The molecule has 1 aliphatic heterocycles. The number of halogens is 3. The molecule has 1 saturated heterocycles. The van der Waals surface area contributed by atoms with E-state index in [2.05, 4.69) is 25.0 Å². The molecule has 3 heterocycles. The number of piperidine rings is 1. The molecule has 0 radical (unpaired) electrons. The summed E-state index contributed by atoms with van der Waals surface area (Å²) in [5.74, 6) is -0.889. The van der Waals surface area contributed by atoms with Gasteiger partial charge >= 0.3 is 12.1 Å². The number of pyridine rings is 1. The van der Waals surface area contributed by atoms with Crippen LogP contribution < -0.4 is 5.32 Å². The molecule has 1 fully saturated rings. The van der Waals surface area contributed by atoms with Crippen LogP contribution in [0.15, 0.2) is 22.9 Å². The zero-order valence-corrected chi connectivity index (χ0v) is 14.8. The van der Waals surface area contributed by atoms with Gasteiger partial charge in [0.2, 0.25) is 11.7 Å². The number of hydrogen-bond acceptors (Lipinski definition) is 6. The Kier molecular flexibility index (Phi) is 5.73. The third-order valence-corrected chi connectivity index (χ3v) is 4.55. The van der Waals surface area contributed by atoms with Gasteiger partial charge in [0, 0.05) is 38.3 Å². The van der Waals surface area contributed by atoms with Gasteiger partial charge in [-0.2, -0.15) is 18.2 Å². The van der Waals surface area contributed by atoms with E-state index in [4.69, 9.17) is 0 Å². The average molecular weight is 383 g/mol. The minimum atomic E-state index is -4.66. The molecule has 7 nitrogen and oxygen atoms in total. The van der Waals surface area contributed by atoms with Crippen LogP contribution in [-0.4, -0.2) is 45.6 Å². The molecular formula is C17H20F3N5O2. The van der Waals surface area contributed by atoms with Crippen LogP contribution in [0.4, 0.5) is 13.2 Å². The summed E-state index contributed by atoms with van der Waals surface area (Å²) in [5, 5.41) is 6.67. The van der Waals surface area contributed by atoms with Crippen molar-refractivity contribution in [3.63, 3.8) is 0 Å². The summed E-state index contributed by atoms with van der Waals surface area (Å²) in [6.07, 6.45) is -1.30. The highest BCUT2D eigenvalue weighted by Crippen LogP contribution is 2.29. The number of carbonyl (C=O) groups excluding carboxylic acids is 1. The lowest BCUT2D eigenvalue weighted by atomic mass is 9.97. The van der Waals surface area contributed by atoms with Crippen molar-refractivity contribution < 1.29 is 22.5 Å². The first-order chi connectivity index (χ1) is 12.8. The van der Waals surface area contributed by atoms with Gasteiger partial charge in [0.15, 0.2) is 0 Å². The molecule has 146 valence electrons. The monoisotopic (exact) mass is 383 g/mol. The van der Waals surface area contributed by atoms with Crippen molar-refractivity contribution in [2.45, 2.75) is 32.5 Å². The summed E-state index contributed by atoms with van der Waals surface area (Å²) >= 11 is 0. The van der Waals surface area contributed by atoms with Gasteiger partial charge in [-0.1, -0.05) is 5.16 Å². The Hall–Kier alpha value is -2.49. The molecule has 10 heteroatoms. The molecule has 0 saturated carbocycles. The standard InChI is InChI=1S/C17H20F3N5O2/c1-11(26)25-6-4-12(5-7-25)8-21-10-14-3-2-13(9-22-14)15-23-16(27-24-15)17(18,19)20/h2-3,9,12,21H,4-8,10H2,1H3. The summed E-state index contributed by atoms with van der Waals surface area (Å²) in [7, 11) is 0. The lowest BCUT2D eigenvalue weighted by Gasteiger charge is -2.31. The number of alkyl halides is 3. The summed E-state index contributed by atoms with van der Waals surface area (Å²) in [6.45, 7) is 4.55. The zero-order chi connectivity index (χ0) is 19.4. The molecule has 2 aromatic heterocycles. The Morgan fingerprint density at radius 3 is 2.63 bits per heavy atom. The van der Waals surface area contributed by atoms with Gasteiger partial charge in [-0.25, -0.2) is 0 Å². The Morgan fingerprint density at radius 2 is 2.07 bits per heavy atom. The summed E-state index contributed by atoms with van der Waals surface area (Å²) in [4.78, 5) is 20.7. The zero-order valence-electron chi connectivity index (χ0n) is 14.8. The molecule has 27 heavy (non-hydrogen) atoms. The minimum absolute atomic E-state index is 0.120. The van der Waals surface area contributed by atoms with E-state index in [9.17, 15) is 18.0 Å². The summed E-state index contributed by atoms with van der Waals surface area (Å²) in [6, 6.07) is 3.32. The van der Waals surface area contributed by atoms with E-state index < -0.39 is 12.1 Å². The van der Waals surface area contributed by atoms with E-state index in [0.717, 1.165) is 38.2 Å². The number of rotatable bonds is 5. The van der Waals surface area contributed by atoms with Crippen molar-refractivity contribution in [2.75, 3.05) is 19.6 Å². The predicted molar refractivity (Wildman–Crippen MR) is 89.2 cm³/mol. The van der Waals surface area contributed by atoms with Crippen LogP contribution in [-0.2, 0) is 17.5 Å². The van der Waals surface area contributed by atoms with Crippen LogP contribution in [0.25, 0.3) is 11.4 Å². The predicted octanol–water partition coefficient (Wildman–Crippen LogP) is 2.50. The first-order valence-electron chi connectivity index (χ1n) is 8.65. The Balaban J connectivity index is 1.47. The van der Waals surface area contributed by atoms with Gasteiger partial charge in [0.1, 0.15) is 0 Å². The smallest absolute Gasteiger partial charge is 0.343 e. The second-order valence-electron chi connectivity index (χ2n) is 6.54. The fraction of sp³-hybridized carbons (Fsp3) is 0.529. The Labute approximate surface area is 154 Å². The third-order valence-electron chi connectivity index (χ3n) is 4.55. The molecule has 0 unspecified atom stereocenters. The summed E-state index contributed by atoms with van der Waals surface area (Å²) in [5.41, 5.74) is 1.12. The molecule has 2 aromatic rings. The van der Waals surface area contributed by atoms with Crippen molar-refractivity contribution in [3.8, 4) is 11.4 Å². The van der Waals surface area contributed by atoms with Gasteiger partial charge in [-0.15, -0.1) is 0 Å². The van der Waals surface area contributed by atoms with E-state index in [0.29, 0.717) is 18.0 Å². The SMILES string of the molecule is CC(=O)N1CCC(CNCc2ccc(-c3noc(C(F)(F)F)n3)cn2)CC1. The number of hydrogen-bond donors (Lipinski definition) is 1. The Bertz CT molecular complexity index is 768. The fourth-order valence-corrected chi connectivity index (χ4v) is 2.97. The first-order valence-corrected chi connectivity index (χ1v) is 8.65. The highest BCUT2D eigenvalue weighted by atomic mass is 19.4. The van der Waals surface area contributed by atoms with Gasteiger partial charge < -0.3 is 14.7 Å². The second-order valence-corrected chi connectivity index (χ2v) is 6.54. The molecule has 1 amide bonds. The van der Waals surface area contributed by atoms with E-state index in [1.54, 1.807) is 19.1 Å². The molecule has 0 aliphatic carbocycles. The lowest BCUT2D eigenvalue weighted by molar-refractivity contribution is -0.159. The largest absolute Gasteiger partial charge is 0.471 e. The van der Waals surface area contributed by atoms with E-state index in [-0.39, 0.29) is 11.7 Å². The maximum Gasteiger partial charge on any atom is 0.471 e. The van der Waals surface area contributed by atoms with Crippen molar-refractivity contribution in [1.29, 1.82) is 0 Å². The normalized spacial score (nSPS) is 15.9. The highest BCUT2D eigenvalue weighted by molar-refractivity contribution is 5.73. The number of aromatic nitrogens is 3. The number of nitrogens with zero attached hydrogens (tertiary/aromatic N) is 4. The molecular weight excluding hydrogens is 363 g/mol. The van der Waals surface area contributed by atoms with Gasteiger partial charge in [0.05, 0.1) is 5.69 Å². The van der Waals surface area contributed by atoms with Crippen molar-refractivity contribution in [3.05, 3.63) is 29.9 Å². The Morgan fingerprint density at radius 1 is 1.33 bits per heavy atom. The average Bonchev–Trinajstić information content (AvgIpc) is 3.13. The molecule has 3 rings (SSSR count). The van der Waals surface area contributed by atoms with Crippen LogP contribution in [0.1, 0.15) is 31.4 Å². The van der Waals surface area contributed by atoms with Crippen LogP contribution in [0, 0.1) is 5.92 Å². The van der Waals surface area contributed by atoms with E-state index in [1.165, 1.54) is 6.20 Å². The quantitative estimate of drug-likeness (QED) is 0.854.